The molecule has 0 aliphatic rings. The van der Waals surface area contributed by atoms with Crippen molar-refractivity contribution >= 4 is 16.9 Å². The number of fused-ring (bicyclic) bond motifs is 1. The maximum absolute atomic E-state index is 5.62. The summed E-state index contributed by atoms with van der Waals surface area (Å²) in [6.07, 6.45) is 5.17. The molecule has 86 valence electrons. The minimum Gasteiger partial charge on any atom is -0.396 e. The second kappa shape index (κ2) is 3.58. The van der Waals surface area contributed by atoms with Crippen molar-refractivity contribution in [3.63, 3.8) is 0 Å². The molecule has 3 heterocycles. The van der Waals surface area contributed by atoms with Crippen LogP contribution in [-0.4, -0.2) is 24.3 Å². The highest BCUT2D eigenvalue weighted by Gasteiger charge is 2.08. The highest BCUT2D eigenvalue weighted by Crippen LogP contribution is 2.12. The summed E-state index contributed by atoms with van der Waals surface area (Å²) in [6.45, 7) is 0.587. The molecule has 0 aliphatic heterocycles. The van der Waals surface area contributed by atoms with E-state index in [-0.39, 0.29) is 0 Å². The van der Waals surface area contributed by atoms with Gasteiger partial charge >= 0.3 is 0 Å². The minimum absolute atomic E-state index is 0.587. The van der Waals surface area contributed by atoms with Crippen molar-refractivity contribution in [1.29, 1.82) is 0 Å². The van der Waals surface area contributed by atoms with E-state index in [4.69, 9.17) is 5.73 Å². The van der Waals surface area contributed by atoms with E-state index in [0.717, 1.165) is 17.0 Å². The second-order valence-electron chi connectivity index (χ2n) is 3.90. The summed E-state index contributed by atoms with van der Waals surface area (Å²) in [5.41, 5.74) is 8.05. The number of rotatable bonds is 2. The topological polar surface area (TPSA) is 74.5 Å². The molecular weight excluding hydrogens is 216 g/mol. The van der Waals surface area contributed by atoms with Gasteiger partial charge < -0.3 is 10.3 Å². The van der Waals surface area contributed by atoms with Gasteiger partial charge in [-0.3, -0.25) is 4.68 Å². The molecule has 3 aromatic heterocycles. The number of aromatic nitrogens is 5. The Kier molecular flexibility index (Phi) is 2.07. The van der Waals surface area contributed by atoms with Crippen molar-refractivity contribution < 1.29 is 0 Å². The lowest BCUT2D eigenvalue weighted by molar-refractivity contribution is 0.635. The zero-order valence-corrected chi connectivity index (χ0v) is 9.41. The molecular formula is C11H12N6. The molecule has 0 aliphatic carbocycles. The monoisotopic (exact) mass is 228 g/mol. The van der Waals surface area contributed by atoms with Gasteiger partial charge in [-0.2, -0.15) is 5.10 Å². The standard InChI is InChI=1S/C11H12N6/c1-16-10(7-17-6-8(12)5-14-17)15-9-3-2-4-13-11(9)16/h2-6H,7,12H2,1H3. The minimum atomic E-state index is 0.587. The van der Waals surface area contributed by atoms with E-state index in [1.807, 2.05) is 23.7 Å². The first kappa shape index (κ1) is 9.83. The lowest BCUT2D eigenvalue weighted by atomic mass is 10.4. The smallest absolute Gasteiger partial charge is 0.159 e. The van der Waals surface area contributed by atoms with Crippen molar-refractivity contribution in [1.82, 2.24) is 24.3 Å². The zero-order valence-electron chi connectivity index (χ0n) is 9.41. The van der Waals surface area contributed by atoms with E-state index in [0.29, 0.717) is 12.2 Å². The molecule has 0 aromatic carbocycles. The van der Waals surface area contributed by atoms with Gasteiger partial charge in [-0.1, -0.05) is 0 Å². The zero-order chi connectivity index (χ0) is 11.8. The number of imidazole rings is 1. The van der Waals surface area contributed by atoms with Crippen LogP contribution in [0.3, 0.4) is 0 Å². The average molecular weight is 228 g/mol. The predicted octanol–water partition coefficient (Wildman–Crippen LogP) is 0.795. The van der Waals surface area contributed by atoms with Crippen LogP contribution >= 0.6 is 0 Å². The van der Waals surface area contributed by atoms with Crippen LogP contribution in [0.2, 0.25) is 0 Å². The Morgan fingerprint density at radius 2 is 2.29 bits per heavy atom. The summed E-state index contributed by atoms with van der Waals surface area (Å²) in [6, 6.07) is 3.83. The third-order valence-electron chi connectivity index (χ3n) is 2.68. The van der Waals surface area contributed by atoms with Gasteiger partial charge in [0.2, 0.25) is 0 Å². The van der Waals surface area contributed by atoms with Crippen molar-refractivity contribution in [2.45, 2.75) is 6.54 Å². The molecule has 0 unspecified atom stereocenters. The third-order valence-corrected chi connectivity index (χ3v) is 2.68. The number of nitrogens with zero attached hydrogens (tertiary/aromatic N) is 5. The molecule has 0 saturated heterocycles. The Morgan fingerprint density at radius 1 is 1.41 bits per heavy atom. The molecule has 17 heavy (non-hydrogen) atoms. The number of hydrogen-bond donors (Lipinski definition) is 1. The van der Waals surface area contributed by atoms with E-state index in [1.165, 1.54) is 0 Å². The Hall–Kier alpha value is -2.37. The fraction of sp³-hybridized carbons (Fsp3) is 0.182. The summed E-state index contributed by atoms with van der Waals surface area (Å²) in [4.78, 5) is 8.81. The number of nitrogen functional groups attached to an aromatic ring is 1. The number of hydrogen-bond acceptors (Lipinski definition) is 4. The molecule has 2 N–H and O–H groups in total. The summed E-state index contributed by atoms with van der Waals surface area (Å²) < 4.78 is 3.73. The maximum Gasteiger partial charge on any atom is 0.159 e. The summed E-state index contributed by atoms with van der Waals surface area (Å²) in [5, 5.41) is 4.14. The molecule has 0 saturated carbocycles. The van der Waals surface area contributed by atoms with E-state index >= 15 is 0 Å². The largest absolute Gasteiger partial charge is 0.396 e. The van der Waals surface area contributed by atoms with Gasteiger partial charge in [0.05, 0.1) is 18.4 Å². The first-order valence-electron chi connectivity index (χ1n) is 5.28. The molecule has 0 bridgehead atoms. The Morgan fingerprint density at radius 3 is 3.00 bits per heavy atom. The molecule has 3 aromatic rings. The Labute approximate surface area is 97.7 Å². The van der Waals surface area contributed by atoms with Crippen molar-refractivity contribution in [3.8, 4) is 0 Å². The summed E-state index contributed by atoms with van der Waals surface area (Å²) in [5.74, 6) is 0.904. The van der Waals surface area contributed by atoms with E-state index in [9.17, 15) is 0 Å². The van der Waals surface area contributed by atoms with Crippen molar-refractivity contribution in [2.24, 2.45) is 7.05 Å². The van der Waals surface area contributed by atoms with Gasteiger partial charge in [0, 0.05) is 19.4 Å². The van der Waals surface area contributed by atoms with Gasteiger partial charge in [-0.05, 0) is 12.1 Å². The molecule has 0 fully saturated rings. The van der Waals surface area contributed by atoms with Crippen LogP contribution in [0.15, 0.2) is 30.7 Å². The predicted molar refractivity (Wildman–Crippen MR) is 64.3 cm³/mol. The molecule has 0 spiro atoms. The molecule has 0 atom stereocenters. The molecule has 0 radical (unpaired) electrons. The number of pyridine rings is 1. The Bertz CT molecular complexity index is 665. The van der Waals surface area contributed by atoms with E-state index < -0.39 is 0 Å². The molecule has 3 rings (SSSR count). The van der Waals surface area contributed by atoms with Crippen LogP contribution in [0.1, 0.15) is 5.82 Å². The van der Waals surface area contributed by atoms with Gasteiger partial charge in [-0.15, -0.1) is 0 Å². The van der Waals surface area contributed by atoms with Crippen LogP contribution < -0.4 is 5.73 Å². The van der Waals surface area contributed by atoms with Gasteiger partial charge in [0.15, 0.2) is 5.65 Å². The molecule has 0 amide bonds. The normalized spacial score (nSPS) is 11.1. The molecule has 6 heteroatoms. The highest BCUT2D eigenvalue weighted by molar-refractivity contribution is 5.70. The van der Waals surface area contributed by atoms with Crippen LogP contribution in [0.4, 0.5) is 5.69 Å². The summed E-state index contributed by atoms with van der Waals surface area (Å²) >= 11 is 0. The lowest BCUT2D eigenvalue weighted by Gasteiger charge is -2.01. The summed E-state index contributed by atoms with van der Waals surface area (Å²) in [7, 11) is 1.95. The van der Waals surface area contributed by atoms with Crippen LogP contribution in [0, 0.1) is 0 Å². The van der Waals surface area contributed by atoms with Gasteiger partial charge in [0.25, 0.3) is 0 Å². The van der Waals surface area contributed by atoms with Crippen LogP contribution in [-0.2, 0) is 13.6 Å². The van der Waals surface area contributed by atoms with Crippen molar-refractivity contribution in [2.75, 3.05) is 5.73 Å². The third kappa shape index (κ3) is 1.63. The SMILES string of the molecule is Cn1c(Cn2cc(N)cn2)nc2cccnc21. The first-order valence-corrected chi connectivity index (χ1v) is 5.28. The number of anilines is 1. The molecule has 6 nitrogen and oxygen atoms in total. The van der Waals surface area contributed by atoms with Gasteiger partial charge in [0.1, 0.15) is 11.3 Å². The van der Waals surface area contributed by atoms with Crippen LogP contribution in [0.5, 0.6) is 0 Å². The quantitative estimate of drug-likeness (QED) is 0.703. The average Bonchev–Trinajstić information content (AvgIpc) is 2.86. The van der Waals surface area contributed by atoms with E-state index in [1.54, 1.807) is 23.3 Å². The Balaban J connectivity index is 2.03. The first-order chi connectivity index (χ1) is 8.24. The van der Waals surface area contributed by atoms with Crippen LogP contribution in [0.25, 0.3) is 11.2 Å². The maximum atomic E-state index is 5.62. The number of nitrogens with two attached hydrogens (primary N) is 1. The lowest BCUT2D eigenvalue weighted by Crippen LogP contribution is -2.06. The van der Waals surface area contributed by atoms with E-state index in [2.05, 4.69) is 15.1 Å². The fourth-order valence-corrected chi connectivity index (χ4v) is 1.82. The highest BCUT2D eigenvalue weighted by atomic mass is 15.3. The van der Waals surface area contributed by atoms with Gasteiger partial charge in [-0.25, -0.2) is 9.97 Å². The fourth-order valence-electron chi connectivity index (χ4n) is 1.82. The number of aryl methyl sites for hydroxylation is 1. The van der Waals surface area contributed by atoms with Crippen molar-refractivity contribution in [3.05, 3.63) is 36.5 Å². The second-order valence-corrected chi connectivity index (χ2v) is 3.90.